The highest BCUT2D eigenvalue weighted by atomic mass is 16.5. The van der Waals surface area contributed by atoms with Gasteiger partial charge in [-0.1, -0.05) is 12.2 Å². The molecular formula is C42H44N12O6. The van der Waals surface area contributed by atoms with Gasteiger partial charge in [-0.25, -0.2) is 15.0 Å². The van der Waals surface area contributed by atoms with E-state index in [1.807, 2.05) is 59.7 Å². The number of fused-ring (bicyclic) bond motifs is 6. The third kappa shape index (κ3) is 7.10. The molecule has 60 heavy (non-hydrogen) atoms. The van der Waals surface area contributed by atoms with E-state index in [1.54, 1.807) is 48.3 Å². The SMILES string of the molecule is CCn1nc(C)cc1C(=O)Nc1nc2cc(C(N)=O)c3ccoc3c2n1CC=CCn1c2nc(-c3cc(C)nn3CC)ncc2c2cc(C(N)=O)cc(OCCCOC)c21. The van der Waals surface area contributed by atoms with Crippen LogP contribution in [0.15, 0.2) is 65.4 Å². The van der Waals surface area contributed by atoms with Crippen molar-refractivity contribution in [3.8, 4) is 17.3 Å². The number of benzene rings is 2. The lowest BCUT2D eigenvalue weighted by atomic mass is 10.1. The number of allylic oxidation sites excluding steroid dienone is 2. The summed E-state index contributed by atoms with van der Waals surface area (Å²) in [6, 6.07) is 10.3. The van der Waals surface area contributed by atoms with Gasteiger partial charge in [0.2, 0.25) is 17.8 Å². The highest BCUT2D eigenvalue weighted by Crippen LogP contribution is 2.37. The molecule has 5 N–H and O–H groups in total. The minimum absolute atomic E-state index is 0.225. The van der Waals surface area contributed by atoms with Gasteiger partial charge in [-0.15, -0.1) is 0 Å². The zero-order chi connectivity index (χ0) is 42.2. The molecule has 0 unspecified atom stereocenters. The maximum absolute atomic E-state index is 13.7. The Bertz CT molecular complexity index is 3000. The monoisotopic (exact) mass is 812 g/mol. The van der Waals surface area contributed by atoms with E-state index >= 15 is 0 Å². The van der Waals surface area contributed by atoms with Gasteiger partial charge in [0, 0.05) is 74.2 Å². The topological polar surface area (TPSA) is 231 Å². The first-order chi connectivity index (χ1) is 29.0. The second kappa shape index (κ2) is 16.1. The number of furan rings is 1. The van der Waals surface area contributed by atoms with Gasteiger partial charge in [-0.3, -0.25) is 29.1 Å². The second-order valence-electron chi connectivity index (χ2n) is 14.2. The second-order valence-corrected chi connectivity index (χ2v) is 14.2. The molecule has 6 aromatic heterocycles. The van der Waals surface area contributed by atoms with Crippen molar-refractivity contribution in [2.24, 2.45) is 11.5 Å². The summed E-state index contributed by atoms with van der Waals surface area (Å²) in [6.45, 7) is 10.1. The molecule has 0 aliphatic rings. The summed E-state index contributed by atoms with van der Waals surface area (Å²) in [7, 11) is 1.63. The fourth-order valence-electron chi connectivity index (χ4n) is 7.57. The number of amides is 3. The number of hydrogen-bond donors (Lipinski definition) is 3. The molecule has 6 heterocycles. The third-order valence-electron chi connectivity index (χ3n) is 10.2. The van der Waals surface area contributed by atoms with Gasteiger partial charge in [-0.05, 0) is 64.1 Å². The summed E-state index contributed by atoms with van der Waals surface area (Å²) in [4.78, 5) is 53.4. The van der Waals surface area contributed by atoms with E-state index in [-0.39, 0.29) is 23.6 Å². The van der Waals surface area contributed by atoms with E-state index in [1.165, 1.54) is 6.26 Å². The first-order valence-corrected chi connectivity index (χ1v) is 19.5. The molecule has 18 nitrogen and oxygen atoms in total. The number of nitrogens with one attached hydrogen (secondary N) is 1. The number of nitrogens with zero attached hydrogens (tertiary/aromatic N) is 9. The number of aryl methyl sites for hydroxylation is 4. The summed E-state index contributed by atoms with van der Waals surface area (Å²) >= 11 is 0. The molecular weight excluding hydrogens is 769 g/mol. The molecule has 18 heteroatoms. The average Bonchev–Trinajstić information content (AvgIpc) is 4.07. The molecule has 0 radical (unpaired) electrons. The van der Waals surface area contributed by atoms with Crippen LogP contribution in [0.3, 0.4) is 0 Å². The van der Waals surface area contributed by atoms with Crippen molar-refractivity contribution in [3.63, 3.8) is 0 Å². The van der Waals surface area contributed by atoms with Crippen molar-refractivity contribution >= 4 is 67.6 Å². The summed E-state index contributed by atoms with van der Waals surface area (Å²) in [5.74, 6) is -0.475. The number of anilines is 1. The van der Waals surface area contributed by atoms with Crippen molar-refractivity contribution in [1.82, 2.24) is 43.6 Å². The predicted octanol–water partition coefficient (Wildman–Crippen LogP) is 5.52. The Morgan fingerprint density at radius 1 is 0.850 bits per heavy atom. The Hall–Kier alpha value is -7.34. The summed E-state index contributed by atoms with van der Waals surface area (Å²) in [5.41, 5.74) is 17.4. The highest BCUT2D eigenvalue weighted by Gasteiger charge is 2.24. The zero-order valence-corrected chi connectivity index (χ0v) is 33.9. The molecule has 8 aromatic rings. The molecule has 3 amide bonds. The standard InChI is InChI=1S/C42H44N12O6/c1-6-53-31(17-23(3)49-53)39-45-22-29-27-19-25(37(43)55)20-33(59-15-10-14-58-5)34(27)51(40(29)47-39)12-8-9-13-52-35-30(21-28(38(44)56)26-11-16-60-36(26)35)46-42(52)48-41(57)32-18-24(4)50-54(32)7-2/h8-9,11,16-22H,6-7,10,12-15H2,1-5H3,(H2,43,55)(H2,44,56)(H,46,48,57). The van der Waals surface area contributed by atoms with Crippen molar-refractivity contribution in [1.29, 1.82) is 0 Å². The van der Waals surface area contributed by atoms with Gasteiger partial charge in [0.15, 0.2) is 11.4 Å². The van der Waals surface area contributed by atoms with Crippen LogP contribution in [0.2, 0.25) is 0 Å². The maximum atomic E-state index is 13.7. The van der Waals surface area contributed by atoms with E-state index in [9.17, 15) is 14.4 Å². The number of imidazole rings is 1. The molecule has 0 aliphatic heterocycles. The molecule has 0 saturated carbocycles. The lowest BCUT2D eigenvalue weighted by Gasteiger charge is -2.12. The fourth-order valence-corrected chi connectivity index (χ4v) is 7.57. The van der Waals surface area contributed by atoms with Gasteiger partial charge in [0.1, 0.15) is 28.3 Å². The van der Waals surface area contributed by atoms with Crippen LogP contribution in [-0.4, -0.2) is 81.7 Å². The number of primary amides is 2. The number of carbonyl (C=O) groups excluding carboxylic acids is 3. The average molecular weight is 813 g/mol. The van der Waals surface area contributed by atoms with Crippen molar-refractivity contribution in [2.75, 3.05) is 25.6 Å². The van der Waals surface area contributed by atoms with Gasteiger partial charge < -0.3 is 34.5 Å². The predicted molar refractivity (Wildman–Crippen MR) is 225 cm³/mol. The lowest BCUT2D eigenvalue weighted by Crippen LogP contribution is -2.19. The Kier molecular flexibility index (Phi) is 10.6. The number of nitrogens with two attached hydrogens (primary N) is 2. The normalized spacial score (nSPS) is 11.9. The minimum atomic E-state index is -0.636. The van der Waals surface area contributed by atoms with E-state index in [2.05, 4.69) is 15.5 Å². The third-order valence-corrected chi connectivity index (χ3v) is 10.2. The molecule has 0 fully saturated rings. The lowest BCUT2D eigenvalue weighted by molar-refractivity contribution is 0.0992. The van der Waals surface area contributed by atoms with Crippen LogP contribution in [-0.2, 0) is 30.9 Å². The molecule has 0 saturated heterocycles. The van der Waals surface area contributed by atoms with Crippen molar-refractivity contribution in [3.05, 3.63) is 89.2 Å². The van der Waals surface area contributed by atoms with Gasteiger partial charge in [0.25, 0.3) is 5.91 Å². The van der Waals surface area contributed by atoms with E-state index < -0.39 is 17.7 Å². The molecule has 308 valence electrons. The van der Waals surface area contributed by atoms with Crippen LogP contribution in [0, 0.1) is 13.8 Å². The summed E-state index contributed by atoms with van der Waals surface area (Å²) in [6.07, 6.45) is 7.74. The first kappa shape index (κ1) is 39.5. The number of methoxy groups -OCH3 is 1. The Labute approximate surface area is 342 Å². The van der Waals surface area contributed by atoms with Crippen LogP contribution in [0.1, 0.15) is 62.9 Å². The molecule has 0 spiro atoms. The largest absolute Gasteiger partial charge is 0.491 e. The molecule has 0 aliphatic carbocycles. The van der Waals surface area contributed by atoms with Crippen LogP contribution >= 0.6 is 0 Å². The number of aromatic nitrogens is 9. The summed E-state index contributed by atoms with van der Waals surface area (Å²) < 4.78 is 24.8. The van der Waals surface area contributed by atoms with Crippen LogP contribution in [0.5, 0.6) is 5.75 Å². The minimum Gasteiger partial charge on any atom is -0.491 e. The molecule has 8 rings (SSSR count). The summed E-state index contributed by atoms with van der Waals surface area (Å²) in [5, 5.41) is 13.9. The first-order valence-electron chi connectivity index (χ1n) is 19.5. The number of hydrogen-bond acceptors (Lipinski definition) is 11. The Balaban J connectivity index is 1.24. The van der Waals surface area contributed by atoms with Crippen molar-refractivity contribution < 1.29 is 28.3 Å². The zero-order valence-electron chi connectivity index (χ0n) is 33.9. The van der Waals surface area contributed by atoms with Crippen LogP contribution < -0.4 is 21.5 Å². The highest BCUT2D eigenvalue weighted by molar-refractivity contribution is 6.14. The van der Waals surface area contributed by atoms with Gasteiger partial charge in [-0.2, -0.15) is 10.2 Å². The van der Waals surface area contributed by atoms with Gasteiger partial charge in [0.05, 0.1) is 40.9 Å². The van der Waals surface area contributed by atoms with Crippen molar-refractivity contribution in [2.45, 2.75) is 60.3 Å². The number of carbonyl (C=O) groups is 3. The maximum Gasteiger partial charge on any atom is 0.276 e. The fraction of sp³-hybridized carbons (Fsp3) is 0.286. The van der Waals surface area contributed by atoms with Crippen LogP contribution in [0.4, 0.5) is 5.95 Å². The Morgan fingerprint density at radius 3 is 2.33 bits per heavy atom. The smallest absolute Gasteiger partial charge is 0.276 e. The van der Waals surface area contributed by atoms with E-state index in [0.717, 1.165) is 11.4 Å². The quantitative estimate of drug-likeness (QED) is 0.0812. The van der Waals surface area contributed by atoms with E-state index in [0.29, 0.717) is 106 Å². The van der Waals surface area contributed by atoms with E-state index in [4.69, 9.17) is 40.3 Å². The molecule has 0 atom stereocenters. The van der Waals surface area contributed by atoms with Gasteiger partial charge >= 0.3 is 0 Å². The van der Waals surface area contributed by atoms with Crippen LogP contribution in [0.25, 0.3) is 55.5 Å². The molecule has 2 aromatic carbocycles. The number of ether oxygens (including phenoxy) is 2. The Morgan fingerprint density at radius 2 is 1.60 bits per heavy atom. The molecule has 0 bridgehead atoms. The number of rotatable bonds is 16.